The molecule has 1 fully saturated rings. The fraction of sp³-hybridized carbons (Fsp3) is 0.148. The first kappa shape index (κ1) is 27.2. The van der Waals surface area contributed by atoms with Crippen molar-refractivity contribution in [3.05, 3.63) is 93.4 Å². The van der Waals surface area contributed by atoms with Gasteiger partial charge in [-0.3, -0.25) is 19.3 Å². The number of rotatable bonds is 9. The minimum Gasteiger partial charge on any atom is -0.490 e. The molecule has 11 heteroatoms. The summed E-state index contributed by atoms with van der Waals surface area (Å²) in [4.78, 5) is 38.5. The zero-order valence-corrected chi connectivity index (χ0v) is 21.6. The maximum Gasteiger partial charge on any atom is 0.294 e. The molecular weight excluding hydrogens is 538 g/mol. The van der Waals surface area contributed by atoms with Gasteiger partial charge in [-0.1, -0.05) is 35.9 Å². The number of hydrogen-bond acceptors (Lipinski definition) is 6. The number of amides is 3. The van der Waals surface area contributed by atoms with Gasteiger partial charge in [-0.2, -0.15) is 0 Å². The van der Waals surface area contributed by atoms with E-state index in [0.717, 1.165) is 11.0 Å². The molecule has 0 aliphatic carbocycles. The Kier molecular flexibility index (Phi) is 8.65. The lowest BCUT2D eigenvalue weighted by molar-refractivity contribution is -0.127. The smallest absolute Gasteiger partial charge is 0.294 e. The zero-order chi connectivity index (χ0) is 27.2. The summed E-state index contributed by atoms with van der Waals surface area (Å²) >= 11 is 7.10. The SMILES string of the molecule is CCOc1cc(/C=C2/SC(=O)N(CC(=O)Nc3cccc(F)c3)C2=O)cc(Cl)c1OCc1ccccc1F. The van der Waals surface area contributed by atoms with E-state index in [4.69, 9.17) is 21.1 Å². The van der Waals surface area contributed by atoms with Gasteiger partial charge in [-0.05, 0) is 66.7 Å². The maximum absolute atomic E-state index is 14.0. The lowest BCUT2D eigenvalue weighted by Gasteiger charge is -2.15. The van der Waals surface area contributed by atoms with Gasteiger partial charge >= 0.3 is 0 Å². The molecule has 3 aromatic rings. The Morgan fingerprint density at radius 3 is 2.61 bits per heavy atom. The number of nitrogens with one attached hydrogen (secondary N) is 1. The number of carbonyl (C=O) groups excluding carboxylic acids is 3. The molecule has 4 rings (SSSR count). The van der Waals surface area contributed by atoms with Crippen LogP contribution in [-0.2, 0) is 16.2 Å². The van der Waals surface area contributed by atoms with E-state index >= 15 is 0 Å². The molecule has 7 nitrogen and oxygen atoms in total. The number of ether oxygens (including phenoxy) is 2. The van der Waals surface area contributed by atoms with Crippen LogP contribution in [0.3, 0.4) is 0 Å². The molecule has 1 aliphatic rings. The van der Waals surface area contributed by atoms with Crippen LogP contribution in [0.5, 0.6) is 11.5 Å². The van der Waals surface area contributed by atoms with Gasteiger partial charge in [0.15, 0.2) is 11.5 Å². The summed E-state index contributed by atoms with van der Waals surface area (Å²) < 4.78 is 38.7. The molecule has 0 atom stereocenters. The minimum absolute atomic E-state index is 0.0760. The Labute approximate surface area is 226 Å². The number of carbonyl (C=O) groups is 3. The molecule has 3 aromatic carbocycles. The Balaban J connectivity index is 1.50. The summed E-state index contributed by atoms with van der Waals surface area (Å²) in [6.07, 6.45) is 1.45. The Morgan fingerprint density at radius 2 is 1.87 bits per heavy atom. The topological polar surface area (TPSA) is 84.9 Å². The molecule has 3 amide bonds. The quantitative estimate of drug-likeness (QED) is 0.312. The van der Waals surface area contributed by atoms with Gasteiger partial charge < -0.3 is 14.8 Å². The average Bonchev–Trinajstić information content (AvgIpc) is 3.12. The molecule has 0 spiro atoms. The molecule has 1 N–H and O–H groups in total. The van der Waals surface area contributed by atoms with Gasteiger partial charge in [-0.15, -0.1) is 0 Å². The van der Waals surface area contributed by atoms with Crippen LogP contribution >= 0.6 is 23.4 Å². The molecule has 1 aliphatic heterocycles. The fourth-order valence-corrected chi connectivity index (χ4v) is 4.65. The first-order chi connectivity index (χ1) is 18.2. The fourth-order valence-electron chi connectivity index (χ4n) is 3.54. The third-order valence-corrected chi connectivity index (χ3v) is 6.43. The highest BCUT2D eigenvalue weighted by molar-refractivity contribution is 8.18. The summed E-state index contributed by atoms with van der Waals surface area (Å²) in [5.74, 6) is -1.79. The number of thioether (sulfide) groups is 1. The summed E-state index contributed by atoms with van der Waals surface area (Å²) in [6, 6.07) is 14.5. The number of nitrogens with zero attached hydrogens (tertiary/aromatic N) is 1. The molecule has 0 saturated carbocycles. The van der Waals surface area contributed by atoms with Gasteiger partial charge in [0, 0.05) is 11.3 Å². The van der Waals surface area contributed by atoms with E-state index in [0.29, 0.717) is 22.9 Å². The third-order valence-electron chi connectivity index (χ3n) is 5.24. The molecular formula is C27H21ClF2N2O5S. The van der Waals surface area contributed by atoms with Crippen LogP contribution in [0.1, 0.15) is 18.1 Å². The zero-order valence-electron chi connectivity index (χ0n) is 20.0. The number of benzene rings is 3. The second kappa shape index (κ2) is 12.1. The van der Waals surface area contributed by atoms with Crippen LogP contribution in [0.25, 0.3) is 6.08 Å². The van der Waals surface area contributed by atoms with Crippen molar-refractivity contribution in [2.75, 3.05) is 18.5 Å². The van der Waals surface area contributed by atoms with Crippen molar-refractivity contribution in [3.63, 3.8) is 0 Å². The van der Waals surface area contributed by atoms with Crippen molar-refractivity contribution in [2.24, 2.45) is 0 Å². The van der Waals surface area contributed by atoms with E-state index in [1.54, 1.807) is 31.2 Å². The molecule has 0 bridgehead atoms. The summed E-state index contributed by atoms with van der Waals surface area (Å²) in [5, 5.41) is 1.98. The molecule has 1 saturated heterocycles. The Morgan fingerprint density at radius 1 is 1.08 bits per heavy atom. The molecule has 0 unspecified atom stereocenters. The monoisotopic (exact) mass is 558 g/mol. The molecule has 0 radical (unpaired) electrons. The lowest BCUT2D eigenvalue weighted by Crippen LogP contribution is -2.36. The van der Waals surface area contributed by atoms with E-state index in [1.165, 1.54) is 36.4 Å². The second-order valence-electron chi connectivity index (χ2n) is 7.97. The van der Waals surface area contributed by atoms with Crippen LogP contribution in [0, 0.1) is 11.6 Å². The molecule has 196 valence electrons. The summed E-state index contributed by atoms with van der Waals surface area (Å²) in [5.41, 5.74) is 0.990. The third kappa shape index (κ3) is 6.51. The number of halogens is 3. The van der Waals surface area contributed by atoms with Crippen LogP contribution in [0.4, 0.5) is 19.3 Å². The maximum atomic E-state index is 14.0. The Bertz CT molecular complexity index is 1430. The molecule has 0 aromatic heterocycles. The second-order valence-corrected chi connectivity index (χ2v) is 9.37. The van der Waals surface area contributed by atoms with E-state index in [-0.39, 0.29) is 40.3 Å². The van der Waals surface area contributed by atoms with Gasteiger partial charge in [0.1, 0.15) is 24.8 Å². The molecule has 38 heavy (non-hydrogen) atoms. The summed E-state index contributed by atoms with van der Waals surface area (Å²) in [6.45, 7) is 1.43. The number of imide groups is 1. The predicted octanol–water partition coefficient (Wildman–Crippen LogP) is 6.27. The van der Waals surface area contributed by atoms with E-state index < -0.39 is 35.2 Å². The van der Waals surface area contributed by atoms with Crippen molar-refractivity contribution in [2.45, 2.75) is 13.5 Å². The van der Waals surface area contributed by atoms with Crippen molar-refractivity contribution in [1.82, 2.24) is 4.90 Å². The minimum atomic E-state index is -0.664. The van der Waals surface area contributed by atoms with Gasteiger partial charge in [0.25, 0.3) is 11.1 Å². The van der Waals surface area contributed by atoms with Crippen LogP contribution in [-0.4, -0.2) is 35.1 Å². The first-order valence-electron chi connectivity index (χ1n) is 11.4. The van der Waals surface area contributed by atoms with Crippen molar-refractivity contribution in [3.8, 4) is 11.5 Å². The van der Waals surface area contributed by atoms with Gasteiger partial charge in [0.05, 0.1) is 16.5 Å². The normalized spacial score (nSPS) is 14.2. The largest absolute Gasteiger partial charge is 0.490 e. The van der Waals surface area contributed by atoms with Gasteiger partial charge in [0.2, 0.25) is 5.91 Å². The van der Waals surface area contributed by atoms with Gasteiger partial charge in [-0.25, -0.2) is 8.78 Å². The summed E-state index contributed by atoms with van der Waals surface area (Å²) in [7, 11) is 0. The highest BCUT2D eigenvalue weighted by atomic mass is 35.5. The molecule has 1 heterocycles. The van der Waals surface area contributed by atoms with Crippen molar-refractivity contribution in [1.29, 1.82) is 0 Å². The highest BCUT2D eigenvalue weighted by Crippen LogP contribution is 2.39. The standard InChI is InChI=1S/C27H21ClF2N2O5S/c1-2-36-22-11-16(10-20(28)25(22)37-15-17-6-3-4-9-21(17)30)12-23-26(34)32(27(35)38-23)14-24(33)31-19-8-5-7-18(29)13-19/h3-13H,2,14-15H2,1H3,(H,31,33)/b23-12+. The van der Waals surface area contributed by atoms with Crippen molar-refractivity contribution < 1.29 is 32.6 Å². The Hall–Kier alpha value is -3.89. The van der Waals surface area contributed by atoms with E-state index in [9.17, 15) is 23.2 Å². The van der Waals surface area contributed by atoms with E-state index in [1.807, 2.05) is 0 Å². The average molecular weight is 559 g/mol. The number of anilines is 1. The first-order valence-corrected chi connectivity index (χ1v) is 12.6. The van der Waals surface area contributed by atoms with Crippen molar-refractivity contribution >= 4 is 52.2 Å². The predicted molar refractivity (Wildman–Crippen MR) is 141 cm³/mol. The number of hydrogen-bond donors (Lipinski definition) is 1. The highest BCUT2D eigenvalue weighted by Gasteiger charge is 2.36. The van der Waals surface area contributed by atoms with Crippen LogP contribution < -0.4 is 14.8 Å². The van der Waals surface area contributed by atoms with Crippen LogP contribution in [0.2, 0.25) is 5.02 Å². The van der Waals surface area contributed by atoms with Crippen LogP contribution in [0.15, 0.2) is 65.6 Å². The lowest BCUT2D eigenvalue weighted by atomic mass is 10.1. The van der Waals surface area contributed by atoms with E-state index in [2.05, 4.69) is 5.32 Å².